The lowest BCUT2D eigenvalue weighted by atomic mass is 9.84. The maximum Gasteiger partial charge on any atom is 0.191 e. The quantitative estimate of drug-likeness (QED) is 0.512. The van der Waals surface area contributed by atoms with Gasteiger partial charge in [0.25, 0.3) is 0 Å². The lowest BCUT2D eigenvalue weighted by Gasteiger charge is -2.27. The van der Waals surface area contributed by atoms with Gasteiger partial charge in [-0.2, -0.15) is 0 Å². The molecular weight excluding hydrogens is 348 g/mol. The number of nitrogens with zero attached hydrogens (tertiary/aromatic N) is 2. The van der Waals surface area contributed by atoms with E-state index in [9.17, 15) is 5.11 Å². The van der Waals surface area contributed by atoms with Crippen molar-refractivity contribution in [2.24, 2.45) is 10.4 Å². The van der Waals surface area contributed by atoms with E-state index in [2.05, 4.69) is 38.1 Å². The van der Waals surface area contributed by atoms with E-state index in [1.54, 1.807) is 18.4 Å². The third-order valence-corrected chi connectivity index (χ3v) is 5.56. The molecule has 0 radical (unpaired) electrons. The Morgan fingerprint density at radius 1 is 1.35 bits per heavy atom. The highest BCUT2D eigenvalue weighted by Crippen LogP contribution is 2.31. The Kier molecular flexibility index (Phi) is 6.60. The second-order valence-electron chi connectivity index (χ2n) is 6.55. The Balaban J connectivity index is 1.52. The summed E-state index contributed by atoms with van der Waals surface area (Å²) in [6.07, 6.45) is 1.70. The lowest BCUT2D eigenvalue weighted by Crippen LogP contribution is -2.44. The average molecular weight is 375 g/mol. The zero-order valence-electron chi connectivity index (χ0n) is 15.1. The number of aliphatic hydroxyl groups is 1. The summed E-state index contributed by atoms with van der Waals surface area (Å²) in [5, 5.41) is 19.1. The number of thiazole rings is 1. The molecule has 1 aromatic carbocycles. The van der Waals surface area contributed by atoms with Crippen molar-refractivity contribution in [3.05, 3.63) is 40.7 Å². The number of guanidine groups is 1. The van der Waals surface area contributed by atoms with Crippen molar-refractivity contribution < 1.29 is 9.84 Å². The summed E-state index contributed by atoms with van der Waals surface area (Å²) >= 11 is 1.64. The Hall–Kier alpha value is -1.96. The van der Waals surface area contributed by atoms with Crippen LogP contribution in [0.25, 0.3) is 11.3 Å². The van der Waals surface area contributed by atoms with E-state index in [-0.39, 0.29) is 12.0 Å². The summed E-state index contributed by atoms with van der Waals surface area (Å²) in [7, 11) is 1.76. The predicted octanol–water partition coefficient (Wildman–Crippen LogP) is 2.26. The summed E-state index contributed by atoms with van der Waals surface area (Å²) in [6.45, 7) is 2.99. The maximum atomic E-state index is 9.33. The lowest BCUT2D eigenvalue weighted by molar-refractivity contribution is 0.127. The normalized spacial score (nSPS) is 20.3. The van der Waals surface area contributed by atoms with Gasteiger partial charge >= 0.3 is 0 Å². The number of nitrogens with one attached hydrogen (secondary N) is 2. The van der Waals surface area contributed by atoms with Crippen molar-refractivity contribution in [1.29, 1.82) is 0 Å². The maximum absolute atomic E-state index is 9.33. The number of aliphatic hydroxyl groups excluding tert-OH is 1. The number of rotatable bonds is 7. The molecule has 1 aliphatic heterocycles. The van der Waals surface area contributed by atoms with Crippen LogP contribution >= 0.6 is 11.3 Å². The summed E-state index contributed by atoms with van der Waals surface area (Å²) in [4.78, 5) is 8.98. The van der Waals surface area contributed by atoms with Gasteiger partial charge in [-0.15, -0.1) is 11.3 Å². The largest absolute Gasteiger partial charge is 0.396 e. The summed E-state index contributed by atoms with van der Waals surface area (Å²) < 4.78 is 5.53. The molecular formula is C19H26N4O2S. The fraction of sp³-hybridized carbons (Fsp3) is 0.474. The molecule has 0 aliphatic carbocycles. The highest BCUT2D eigenvalue weighted by atomic mass is 32.1. The van der Waals surface area contributed by atoms with Crippen molar-refractivity contribution in [2.75, 3.05) is 33.4 Å². The van der Waals surface area contributed by atoms with E-state index >= 15 is 0 Å². The first-order valence-electron chi connectivity index (χ1n) is 8.88. The molecule has 1 saturated heterocycles. The average Bonchev–Trinajstić information content (AvgIpc) is 3.33. The van der Waals surface area contributed by atoms with Crippen LogP contribution in [0.1, 0.15) is 17.8 Å². The molecule has 3 rings (SSSR count). The highest BCUT2D eigenvalue weighted by molar-refractivity contribution is 7.09. The van der Waals surface area contributed by atoms with Crippen molar-refractivity contribution in [2.45, 2.75) is 19.4 Å². The summed E-state index contributed by atoms with van der Waals surface area (Å²) in [6, 6.07) is 10.2. The van der Waals surface area contributed by atoms with Gasteiger partial charge in [-0.25, -0.2) is 4.98 Å². The van der Waals surface area contributed by atoms with Crippen molar-refractivity contribution in [3.63, 3.8) is 0 Å². The number of benzene rings is 1. The van der Waals surface area contributed by atoms with Gasteiger partial charge in [-0.05, 0) is 12.8 Å². The summed E-state index contributed by atoms with van der Waals surface area (Å²) in [5.41, 5.74) is 2.12. The molecule has 7 heteroatoms. The van der Waals surface area contributed by atoms with Crippen LogP contribution in [-0.4, -0.2) is 49.5 Å². The van der Waals surface area contributed by atoms with E-state index in [0.717, 1.165) is 48.2 Å². The van der Waals surface area contributed by atoms with Crippen LogP contribution in [-0.2, 0) is 11.3 Å². The van der Waals surface area contributed by atoms with Crippen LogP contribution in [0.4, 0.5) is 0 Å². The molecule has 1 aromatic heterocycles. The van der Waals surface area contributed by atoms with Gasteiger partial charge in [0.1, 0.15) is 5.01 Å². The monoisotopic (exact) mass is 374 g/mol. The zero-order valence-corrected chi connectivity index (χ0v) is 15.9. The molecule has 0 spiro atoms. The minimum absolute atomic E-state index is 0.00592. The SMILES string of the molecule is CN=C(NCc1nc(-c2ccccc2)cs1)NCC1(CCO)CCOC1. The molecule has 0 saturated carbocycles. The van der Waals surface area contributed by atoms with E-state index in [4.69, 9.17) is 4.74 Å². The van der Waals surface area contributed by atoms with Crippen molar-refractivity contribution in [1.82, 2.24) is 15.6 Å². The molecule has 3 N–H and O–H groups in total. The smallest absolute Gasteiger partial charge is 0.191 e. The van der Waals surface area contributed by atoms with Crippen molar-refractivity contribution >= 4 is 17.3 Å². The van der Waals surface area contributed by atoms with E-state index in [1.165, 1.54) is 0 Å². The van der Waals surface area contributed by atoms with Gasteiger partial charge in [-0.3, -0.25) is 4.99 Å². The molecule has 0 amide bonds. The standard InChI is InChI=1S/C19H26N4O2S/c1-20-18(22-13-19(7-9-24)8-10-25-14-19)21-11-17-23-16(12-26-17)15-5-3-2-4-6-15/h2-6,12,24H,7-11,13-14H2,1H3,(H2,20,21,22). The van der Waals surface area contributed by atoms with Gasteiger partial charge in [0.15, 0.2) is 5.96 Å². The molecule has 1 atom stereocenters. The first-order valence-corrected chi connectivity index (χ1v) is 9.76. The number of aromatic nitrogens is 1. The van der Waals surface area contributed by atoms with E-state index in [0.29, 0.717) is 13.2 Å². The number of hydrogen-bond donors (Lipinski definition) is 3. The van der Waals surface area contributed by atoms with Gasteiger partial charge in [0, 0.05) is 43.2 Å². The van der Waals surface area contributed by atoms with Gasteiger partial charge < -0.3 is 20.5 Å². The van der Waals surface area contributed by atoms with Crippen LogP contribution in [0, 0.1) is 5.41 Å². The molecule has 0 bridgehead atoms. The number of hydrogen-bond acceptors (Lipinski definition) is 5. The molecule has 1 fully saturated rings. The Bertz CT molecular complexity index is 711. The second kappa shape index (κ2) is 9.12. The second-order valence-corrected chi connectivity index (χ2v) is 7.49. The number of aliphatic imine (C=N–C) groups is 1. The van der Waals surface area contributed by atoms with E-state index < -0.39 is 0 Å². The predicted molar refractivity (Wildman–Crippen MR) is 105 cm³/mol. The topological polar surface area (TPSA) is 78.8 Å². The van der Waals surface area contributed by atoms with Gasteiger partial charge in [0.05, 0.1) is 18.8 Å². The third kappa shape index (κ3) is 4.81. The Morgan fingerprint density at radius 2 is 2.19 bits per heavy atom. The van der Waals surface area contributed by atoms with Crippen molar-refractivity contribution in [3.8, 4) is 11.3 Å². The molecule has 2 heterocycles. The molecule has 1 unspecified atom stereocenters. The fourth-order valence-electron chi connectivity index (χ4n) is 3.10. The molecule has 140 valence electrons. The number of ether oxygens (including phenoxy) is 1. The van der Waals surface area contributed by atoms with Gasteiger partial charge in [0.2, 0.25) is 0 Å². The Labute approximate surface area is 158 Å². The van der Waals surface area contributed by atoms with Crippen LogP contribution in [0.3, 0.4) is 0 Å². The van der Waals surface area contributed by atoms with Crippen LogP contribution in [0.2, 0.25) is 0 Å². The zero-order chi connectivity index (χ0) is 18.2. The molecule has 6 nitrogen and oxygen atoms in total. The van der Waals surface area contributed by atoms with Crippen LogP contribution in [0.15, 0.2) is 40.7 Å². The fourth-order valence-corrected chi connectivity index (χ4v) is 3.84. The van der Waals surface area contributed by atoms with Crippen LogP contribution in [0.5, 0.6) is 0 Å². The first-order chi connectivity index (χ1) is 12.7. The molecule has 2 aromatic rings. The Morgan fingerprint density at radius 3 is 2.88 bits per heavy atom. The summed E-state index contributed by atoms with van der Waals surface area (Å²) in [5.74, 6) is 0.741. The first kappa shape index (κ1) is 18.8. The third-order valence-electron chi connectivity index (χ3n) is 4.71. The van der Waals surface area contributed by atoms with Gasteiger partial charge in [-0.1, -0.05) is 30.3 Å². The van der Waals surface area contributed by atoms with Crippen LogP contribution < -0.4 is 10.6 Å². The molecule has 1 aliphatic rings. The highest BCUT2D eigenvalue weighted by Gasteiger charge is 2.34. The molecule has 26 heavy (non-hydrogen) atoms. The van der Waals surface area contributed by atoms with E-state index in [1.807, 2.05) is 18.2 Å². The minimum Gasteiger partial charge on any atom is -0.396 e. The minimum atomic E-state index is -0.00592.